The van der Waals surface area contributed by atoms with E-state index in [9.17, 15) is 0 Å². The molecule has 0 radical (unpaired) electrons. The topological polar surface area (TPSA) is 38.5 Å². The van der Waals surface area contributed by atoms with Crippen molar-refractivity contribution in [2.24, 2.45) is 5.73 Å². The van der Waals surface area contributed by atoms with Gasteiger partial charge in [0.1, 0.15) is 12.4 Å². The molecule has 1 aliphatic heterocycles. The van der Waals surface area contributed by atoms with Crippen LogP contribution in [0.15, 0.2) is 24.3 Å². The van der Waals surface area contributed by atoms with Gasteiger partial charge in [0.05, 0.1) is 0 Å². The van der Waals surface area contributed by atoms with Gasteiger partial charge in [-0.3, -0.25) is 4.90 Å². The molecule has 0 amide bonds. The van der Waals surface area contributed by atoms with Crippen LogP contribution in [0, 0.1) is 0 Å². The van der Waals surface area contributed by atoms with Gasteiger partial charge in [0.25, 0.3) is 0 Å². The van der Waals surface area contributed by atoms with E-state index in [2.05, 4.69) is 4.90 Å². The molecule has 1 aromatic carbocycles. The van der Waals surface area contributed by atoms with Gasteiger partial charge < -0.3 is 10.5 Å². The van der Waals surface area contributed by atoms with Gasteiger partial charge in [0, 0.05) is 24.2 Å². The third-order valence-electron chi connectivity index (χ3n) is 3.01. The average Bonchev–Trinajstić information content (AvgIpc) is 2.29. The first-order valence-electron chi connectivity index (χ1n) is 6.10. The molecule has 3 nitrogen and oxygen atoms in total. The van der Waals surface area contributed by atoms with E-state index in [1.165, 1.54) is 6.42 Å². The van der Waals surface area contributed by atoms with Gasteiger partial charge in [-0.15, -0.1) is 0 Å². The van der Waals surface area contributed by atoms with Crippen molar-refractivity contribution in [2.75, 3.05) is 26.2 Å². The van der Waals surface area contributed by atoms with Crippen LogP contribution in [0.4, 0.5) is 0 Å². The third-order valence-corrected chi connectivity index (χ3v) is 3.25. The Morgan fingerprint density at radius 1 is 1.47 bits per heavy atom. The standard InChI is InChI=1S/C13H19ClN2O/c14-11-3-1-5-13(9-11)17-8-7-16-6-2-4-12(15)10-16/h1,3,5,9,12H,2,4,6-8,10,15H2/t12-/m1/s1. The molecule has 0 unspecified atom stereocenters. The summed E-state index contributed by atoms with van der Waals surface area (Å²) in [6.07, 6.45) is 2.34. The zero-order valence-corrected chi connectivity index (χ0v) is 10.7. The highest BCUT2D eigenvalue weighted by Crippen LogP contribution is 2.17. The molecular formula is C13H19ClN2O. The highest BCUT2D eigenvalue weighted by molar-refractivity contribution is 6.30. The third kappa shape index (κ3) is 4.19. The molecule has 0 aromatic heterocycles. The van der Waals surface area contributed by atoms with Gasteiger partial charge in [-0.25, -0.2) is 0 Å². The number of rotatable bonds is 4. The Bertz CT molecular complexity index is 359. The van der Waals surface area contributed by atoms with Crippen LogP contribution >= 0.6 is 11.6 Å². The average molecular weight is 255 g/mol. The Kier molecular flexibility index (Phi) is 4.66. The monoisotopic (exact) mass is 254 g/mol. The van der Waals surface area contributed by atoms with Crippen LogP contribution in [0.1, 0.15) is 12.8 Å². The highest BCUT2D eigenvalue weighted by Gasteiger charge is 2.15. The summed E-state index contributed by atoms with van der Waals surface area (Å²) in [6.45, 7) is 3.73. The molecule has 0 aliphatic carbocycles. The Morgan fingerprint density at radius 3 is 3.12 bits per heavy atom. The number of hydrogen-bond acceptors (Lipinski definition) is 3. The van der Waals surface area contributed by atoms with Crippen LogP contribution in [0.25, 0.3) is 0 Å². The Morgan fingerprint density at radius 2 is 2.35 bits per heavy atom. The van der Waals surface area contributed by atoms with E-state index in [0.29, 0.717) is 17.7 Å². The van der Waals surface area contributed by atoms with Gasteiger partial charge in [-0.05, 0) is 37.6 Å². The molecule has 0 saturated carbocycles. The minimum absolute atomic E-state index is 0.329. The number of ether oxygens (including phenoxy) is 1. The maximum atomic E-state index is 5.93. The maximum absolute atomic E-state index is 5.93. The number of nitrogens with two attached hydrogens (primary N) is 1. The minimum Gasteiger partial charge on any atom is -0.492 e. The first-order valence-corrected chi connectivity index (χ1v) is 6.48. The van der Waals surface area contributed by atoms with Crippen molar-refractivity contribution < 1.29 is 4.74 Å². The quantitative estimate of drug-likeness (QED) is 0.895. The van der Waals surface area contributed by atoms with Crippen LogP contribution in [0.3, 0.4) is 0 Å². The van der Waals surface area contributed by atoms with E-state index in [1.54, 1.807) is 0 Å². The van der Waals surface area contributed by atoms with Crippen LogP contribution in [0.2, 0.25) is 5.02 Å². The van der Waals surface area contributed by atoms with E-state index in [-0.39, 0.29) is 0 Å². The zero-order valence-electron chi connectivity index (χ0n) is 9.94. The number of hydrogen-bond donors (Lipinski definition) is 1. The van der Waals surface area contributed by atoms with Crippen molar-refractivity contribution in [1.29, 1.82) is 0 Å². The van der Waals surface area contributed by atoms with Crippen molar-refractivity contribution in [3.05, 3.63) is 29.3 Å². The molecule has 1 atom stereocenters. The minimum atomic E-state index is 0.329. The Hall–Kier alpha value is -0.770. The van der Waals surface area contributed by atoms with E-state index in [1.807, 2.05) is 24.3 Å². The molecule has 2 N–H and O–H groups in total. The molecule has 1 aromatic rings. The largest absolute Gasteiger partial charge is 0.492 e. The Labute approximate surface area is 107 Å². The summed E-state index contributed by atoms with van der Waals surface area (Å²) in [6, 6.07) is 7.83. The number of likely N-dealkylation sites (tertiary alicyclic amines) is 1. The van der Waals surface area contributed by atoms with Gasteiger partial charge in [-0.1, -0.05) is 17.7 Å². The van der Waals surface area contributed by atoms with E-state index >= 15 is 0 Å². The lowest BCUT2D eigenvalue weighted by Crippen LogP contribution is -2.44. The predicted octanol–water partition coefficient (Wildman–Crippen LogP) is 2.14. The summed E-state index contributed by atoms with van der Waals surface area (Å²) >= 11 is 5.88. The Balaban J connectivity index is 1.72. The number of nitrogens with zero attached hydrogens (tertiary/aromatic N) is 1. The molecule has 17 heavy (non-hydrogen) atoms. The summed E-state index contributed by atoms with van der Waals surface area (Å²) in [5.74, 6) is 0.832. The number of benzene rings is 1. The summed E-state index contributed by atoms with van der Waals surface area (Å²) in [5, 5.41) is 0.711. The van der Waals surface area contributed by atoms with E-state index in [0.717, 1.165) is 31.8 Å². The predicted molar refractivity (Wildman–Crippen MR) is 70.6 cm³/mol. The lowest BCUT2D eigenvalue weighted by Gasteiger charge is -2.30. The van der Waals surface area contributed by atoms with Crippen molar-refractivity contribution in [3.8, 4) is 5.75 Å². The lowest BCUT2D eigenvalue weighted by atomic mass is 10.1. The van der Waals surface area contributed by atoms with Crippen LogP contribution < -0.4 is 10.5 Å². The fourth-order valence-corrected chi connectivity index (χ4v) is 2.32. The second-order valence-electron chi connectivity index (χ2n) is 4.51. The first kappa shape index (κ1) is 12.7. The highest BCUT2D eigenvalue weighted by atomic mass is 35.5. The molecule has 94 valence electrons. The first-order chi connectivity index (χ1) is 8.24. The summed E-state index contributed by atoms with van der Waals surface area (Å²) < 4.78 is 5.66. The van der Waals surface area contributed by atoms with Gasteiger partial charge in [-0.2, -0.15) is 0 Å². The van der Waals surface area contributed by atoms with Gasteiger partial charge >= 0.3 is 0 Å². The fraction of sp³-hybridized carbons (Fsp3) is 0.538. The number of halogens is 1. The van der Waals surface area contributed by atoms with Crippen molar-refractivity contribution in [2.45, 2.75) is 18.9 Å². The van der Waals surface area contributed by atoms with E-state index in [4.69, 9.17) is 22.1 Å². The molecule has 1 heterocycles. The van der Waals surface area contributed by atoms with Crippen molar-refractivity contribution >= 4 is 11.6 Å². The van der Waals surface area contributed by atoms with Crippen LogP contribution in [-0.4, -0.2) is 37.2 Å². The van der Waals surface area contributed by atoms with E-state index < -0.39 is 0 Å². The SMILES string of the molecule is N[C@@H]1CCCN(CCOc2cccc(Cl)c2)C1. The van der Waals surface area contributed by atoms with Gasteiger partial charge in [0.2, 0.25) is 0 Å². The molecule has 0 spiro atoms. The summed E-state index contributed by atoms with van der Waals surface area (Å²) in [7, 11) is 0. The molecule has 2 rings (SSSR count). The summed E-state index contributed by atoms with van der Waals surface area (Å²) in [4.78, 5) is 2.36. The lowest BCUT2D eigenvalue weighted by molar-refractivity contribution is 0.171. The van der Waals surface area contributed by atoms with Crippen molar-refractivity contribution in [3.63, 3.8) is 0 Å². The second-order valence-corrected chi connectivity index (χ2v) is 4.95. The molecule has 1 aliphatic rings. The van der Waals surface area contributed by atoms with Gasteiger partial charge in [0.15, 0.2) is 0 Å². The molecule has 0 bridgehead atoms. The molecule has 1 saturated heterocycles. The summed E-state index contributed by atoms with van der Waals surface area (Å²) in [5.41, 5.74) is 5.93. The molecule has 1 fully saturated rings. The van der Waals surface area contributed by atoms with Crippen molar-refractivity contribution in [1.82, 2.24) is 4.90 Å². The zero-order chi connectivity index (χ0) is 12.1. The second kappa shape index (κ2) is 6.24. The van der Waals surface area contributed by atoms with Crippen LogP contribution in [-0.2, 0) is 0 Å². The van der Waals surface area contributed by atoms with Crippen LogP contribution in [0.5, 0.6) is 5.75 Å². The number of piperidine rings is 1. The normalized spacial score (nSPS) is 21.4. The molecular weight excluding hydrogens is 236 g/mol. The molecule has 4 heteroatoms. The fourth-order valence-electron chi connectivity index (χ4n) is 2.14. The smallest absolute Gasteiger partial charge is 0.120 e. The maximum Gasteiger partial charge on any atom is 0.120 e.